The number of benzene rings is 1. The summed E-state index contributed by atoms with van der Waals surface area (Å²) in [7, 11) is -3.58. The number of nitrogens with one attached hydrogen (secondary N) is 2. The fraction of sp³-hybridized carbons (Fsp3) is 0.611. The Morgan fingerprint density at radius 1 is 1.17 bits per heavy atom. The summed E-state index contributed by atoms with van der Waals surface area (Å²) < 4.78 is 28.6. The van der Waals surface area contributed by atoms with Crippen LogP contribution in [0.15, 0.2) is 29.2 Å². The summed E-state index contributed by atoms with van der Waals surface area (Å²) in [4.78, 5) is 11.3. The minimum atomic E-state index is -3.58. The quantitative estimate of drug-likeness (QED) is 0.876. The van der Waals surface area contributed by atoms with Crippen molar-refractivity contribution in [2.24, 2.45) is 16.7 Å². The van der Waals surface area contributed by atoms with Gasteiger partial charge in [-0.25, -0.2) is 13.1 Å². The summed E-state index contributed by atoms with van der Waals surface area (Å²) in [6.45, 7) is 7.98. The molecular formula is C18H26N2O3S. The van der Waals surface area contributed by atoms with Crippen LogP contribution in [0, 0.1) is 16.7 Å². The van der Waals surface area contributed by atoms with Gasteiger partial charge in [0.15, 0.2) is 0 Å². The van der Waals surface area contributed by atoms with E-state index in [9.17, 15) is 13.2 Å². The summed E-state index contributed by atoms with van der Waals surface area (Å²) in [6.07, 6.45) is 3.36. The molecule has 1 amide bonds. The van der Waals surface area contributed by atoms with E-state index in [2.05, 4.69) is 30.8 Å². The number of rotatable bonds is 4. The number of amides is 1. The second-order valence-electron chi connectivity index (χ2n) is 8.17. The van der Waals surface area contributed by atoms with Gasteiger partial charge in [-0.05, 0) is 60.3 Å². The van der Waals surface area contributed by atoms with E-state index >= 15 is 0 Å². The van der Waals surface area contributed by atoms with E-state index in [0.717, 1.165) is 12.8 Å². The Balaban J connectivity index is 1.83. The van der Waals surface area contributed by atoms with E-state index in [0.29, 0.717) is 11.6 Å². The van der Waals surface area contributed by atoms with Crippen molar-refractivity contribution in [3.05, 3.63) is 24.3 Å². The largest absolute Gasteiger partial charge is 0.326 e. The Bertz CT molecular complexity index is 750. The highest BCUT2D eigenvalue weighted by atomic mass is 32.2. The molecule has 2 bridgehead atoms. The first-order valence-corrected chi connectivity index (χ1v) is 9.93. The lowest BCUT2D eigenvalue weighted by atomic mass is 9.69. The molecule has 0 spiro atoms. The number of hydrogen-bond donors (Lipinski definition) is 2. The van der Waals surface area contributed by atoms with Gasteiger partial charge in [0, 0.05) is 18.7 Å². The van der Waals surface area contributed by atoms with E-state index in [1.165, 1.54) is 25.5 Å². The van der Waals surface area contributed by atoms with Crippen LogP contribution in [0.3, 0.4) is 0 Å². The summed E-state index contributed by atoms with van der Waals surface area (Å²) in [6, 6.07) is 6.25. The fourth-order valence-electron chi connectivity index (χ4n) is 4.74. The van der Waals surface area contributed by atoms with E-state index in [1.54, 1.807) is 12.1 Å². The molecule has 2 saturated carbocycles. The lowest BCUT2D eigenvalue weighted by molar-refractivity contribution is -0.114. The second kappa shape index (κ2) is 5.56. The van der Waals surface area contributed by atoms with Crippen LogP contribution >= 0.6 is 0 Å². The van der Waals surface area contributed by atoms with Gasteiger partial charge in [-0.1, -0.05) is 20.8 Å². The third-order valence-corrected chi connectivity index (χ3v) is 7.47. The average Bonchev–Trinajstić information content (AvgIpc) is 2.95. The number of fused-ring (bicyclic) bond motifs is 2. The zero-order chi connectivity index (χ0) is 17.8. The topological polar surface area (TPSA) is 75.3 Å². The molecule has 24 heavy (non-hydrogen) atoms. The average molecular weight is 350 g/mol. The normalized spacial score (nSPS) is 31.2. The molecule has 1 aromatic rings. The molecule has 0 heterocycles. The lowest BCUT2D eigenvalue weighted by Crippen LogP contribution is -2.52. The molecule has 2 aliphatic carbocycles. The third kappa shape index (κ3) is 2.86. The van der Waals surface area contributed by atoms with E-state index in [-0.39, 0.29) is 27.7 Å². The minimum absolute atomic E-state index is 0.0316. The molecule has 5 nitrogen and oxygen atoms in total. The van der Waals surface area contributed by atoms with Crippen molar-refractivity contribution in [1.82, 2.24) is 4.72 Å². The van der Waals surface area contributed by atoms with Gasteiger partial charge in [0.2, 0.25) is 15.9 Å². The predicted octanol–water partition coefficient (Wildman–Crippen LogP) is 3.14. The van der Waals surface area contributed by atoms with Crippen LogP contribution in [0.4, 0.5) is 5.69 Å². The fourth-order valence-corrected chi connectivity index (χ4v) is 6.27. The summed E-state index contributed by atoms with van der Waals surface area (Å²) in [5.41, 5.74) is 0.599. The van der Waals surface area contributed by atoms with Crippen molar-refractivity contribution in [1.29, 1.82) is 0 Å². The van der Waals surface area contributed by atoms with E-state index < -0.39 is 10.0 Å². The molecule has 3 rings (SSSR count). The number of hydrogen-bond acceptors (Lipinski definition) is 3. The van der Waals surface area contributed by atoms with Crippen LogP contribution in [-0.4, -0.2) is 20.4 Å². The van der Waals surface area contributed by atoms with Gasteiger partial charge in [-0.3, -0.25) is 4.79 Å². The standard InChI is InChI=1S/C18H26N2O3S/c1-12(21)19-14-5-7-15(8-6-14)24(22,23)20-16-17(2,3)13-9-10-18(16,4)11-13/h5-8,13,16,20H,9-11H2,1-4H3,(H,19,21)/t13-,16-,18+/m0/s1. The van der Waals surface area contributed by atoms with Crippen molar-refractivity contribution in [2.75, 3.05) is 5.32 Å². The molecule has 1 aromatic carbocycles. The van der Waals surface area contributed by atoms with Crippen molar-refractivity contribution in [2.45, 2.75) is 57.9 Å². The Hall–Kier alpha value is -1.40. The van der Waals surface area contributed by atoms with Gasteiger partial charge in [-0.15, -0.1) is 0 Å². The zero-order valence-corrected chi connectivity index (χ0v) is 15.5. The van der Waals surface area contributed by atoms with Crippen molar-refractivity contribution >= 4 is 21.6 Å². The first-order chi connectivity index (χ1) is 11.0. The maximum absolute atomic E-state index is 12.8. The second-order valence-corrected chi connectivity index (χ2v) is 9.89. The first kappa shape index (κ1) is 17.4. The molecule has 0 saturated heterocycles. The predicted molar refractivity (Wildman–Crippen MR) is 94.1 cm³/mol. The number of carbonyl (C=O) groups is 1. The molecule has 0 aromatic heterocycles. The Kier molecular flexibility index (Phi) is 4.04. The van der Waals surface area contributed by atoms with Crippen LogP contribution in [0.1, 0.15) is 47.0 Å². The summed E-state index contributed by atoms with van der Waals surface area (Å²) in [5, 5.41) is 2.64. The highest BCUT2D eigenvalue weighted by Gasteiger charge is 2.60. The smallest absolute Gasteiger partial charge is 0.240 e. The Labute approximate surface area is 144 Å². The molecule has 2 fully saturated rings. The van der Waals surface area contributed by atoms with E-state index in [1.807, 2.05) is 0 Å². The SMILES string of the molecule is CC(=O)Nc1ccc(S(=O)(=O)N[C@H]2C(C)(C)[C@H]3CC[C@]2(C)C3)cc1. The molecule has 2 aliphatic rings. The molecule has 2 N–H and O–H groups in total. The van der Waals surface area contributed by atoms with Crippen LogP contribution in [0.5, 0.6) is 0 Å². The van der Waals surface area contributed by atoms with Crippen LogP contribution < -0.4 is 10.0 Å². The lowest BCUT2D eigenvalue weighted by Gasteiger charge is -2.42. The van der Waals surface area contributed by atoms with Gasteiger partial charge < -0.3 is 5.32 Å². The summed E-state index contributed by atoms with van der Waals surface area (Å²) >= 11 is 0. The molecule has 0 aliphatic heterocycles. The molecule has 132 valence electrons. The van der Waals surface area contributed by atoms with Gasteiger partial charge >= 0.3 is 0 Å². The van der Waals surface area contributed by atoms with Crippen molar-refractivity contribution < 1.29 is 13.2 Å². The highest BCUT2D eigenvalue weighted by molar-refractivity contribution is 7.89. The molecule has 0 unspecified atom stereocenters. The van der Waals surface area contributed by atoms with Gasteiger partial charge in [0.25, 0.3) is 0 Å². The first-order valence-electron chi connectivity index (χ1n) is 8.45. The molecular weight excluding hydrogens is 324 g/mol. The maximum atomic E-state index is 12.8. The third-order valence-electron chi connectivity index (χ3n) is 6.03. The van der Waals surface area contributed by atoms with Crippen molar-refractivity contribution in [3.8, 4) is 0 Å². The van der Waals surface area contributed by atoms with Crippen LogP contribution in [0.2, 0.25) is 0 Å². The number of anilines is 1. The Morgan fingerprint density at radius 3 is 2.29 bits per heavy atom. The van der Waals surface area contributed by atoms with Gasteiger partial charge in [0.1, 0.15) is 0 Å². The monoisotopic (exact) mass is 350 g/mol. The number of carbonyl (C=O) groups excluding carboxylic acids is 1. The molecule has 0 radical (unpaired) electrons. The minimum Gasteiger partial charge on any atom is -0.326 e. The summed E-state index contributed by atoms with van der Waals surface area (Å²) in [5.74, 6) is 0.401. The van der Waals surface area contributed by atoms with Crippen molar-refractivity contribution in [3.63, 3.8) is 0 Å². The van der Waals surface area contributed by atoms with Crippen LogP contribution in [-0.2, 0) is 14.8 Å². The Morgan fingerprint density at radius 2 is 1.79 bits per heavy atom. The van der Waals surface area contributed by atoms with E-state index in [4.69, 9.17) is 0 Å². The van der Waals surface area contributed by atoms with Gasteiger partial charge in [0.05, 0.1) is 4.90 Å². The highest BCUT2D eigenvalue weighted by Crippen LogP contribution is 2.62. The zero-order valence-electron chi connectivity index (χ0n) is 14.7. The molecule has 3 atom stereocenters. The maximum Gasteiger partial charge on any atom is 0.240 e. The number of sulfonamides is 1. The molecule has 6 heteroatoms. The van der Waals surface area contributed by atoms with Gasteiger partial charge in [-0.2, -0.15) is 0 Å². The van der Waals surface area contributed by atoms with Crippen LogP contribution in [0.25, 0.3) is 0 Å².